The number of hydrogen-bond acceptors (Lipinski definition) is 4. The Balaban J connectivity index is 1.98. The zero-order valence-corrected chi connectivity index (χ0v) is 17.6. The van der Waals surface area contributed by atoms with Gasteiger partial charge in [-0.05, 0) is 49.0 Å². The third-order valence-corrected chi connectivity index (χ3v) is 4.99. The molecule has 28 heavy (non-hydrogen) atoms. The van der Waals surface area contributed by atoms with Crippen LogP contribution in [0.5, 0.6) is 0 Å². The lowest BCUT2D eigenvalue weighted by atomic mass is 9.95. The molecular formula is C20H18BrN3O3S. The number of methoxy groups -OCH3 is 1. The van der Waals surface area contributed by atoms with Crippen LogP contribution >= 0.6 is 28.1 Å². The van der Waals surface area contributed by atoms with E-state index in [4.69, 9.17) is 17.0 Å². The number of carbonyl (C=O) groups excluding carboxylic acids is 2. The Morgan fingerprint density at radius 3 is 2.64 bits per heavy atom. The van der Waals surface area contributed by atoms with Crippen molar-refractivity contribution in [3.63, 3.8) is 0 Å². The number of thiocarbonyl (C=S) groups is 1. The first-order chi connectivity index (χ1) is 13.4. The largest absolute Gasteiger partial charge is 0.465 e. The second-order valence-electron chi connectivity index (χ2n) is 6.12. The van der Waals surface area contributed by atoms with E-state index < -0.39 is 12.0 Å². The molecular weight excluding hydrogens is 442 g/mol. The molecule has 0 bridgehead atoms. The van der Waals surface area contributed by atoms with Gasteiger partial charge < -0.3 is 20.7 Å². The predicted octanol–water partition coefficient (Wildman–Crippen LogP) is 3.67. The van der Waals surface area contributed by atoms with Gasteiger partial charge in [0.15, 0.2) is 5.11 Å². The molecule has 1 aliphatic rings. The van der Waals surface area contributed by atoms with E-state index in [1.807, 2.05) is 24.3 Å². The molecule has 8 heteroatoms. The fourth-order valence-corrected chi connectivity index (χ4v) is 3.69. The van der Waals surface area contributed by atoms with Crippen molar-refractivity contribution in [1.82, 2.24) is 10.6 Å². The van der Waals surface area contributed by atoms with Crippen molar-refractivity contribution in [3.05, 3.63) is 75.4 Å². The number of carbonyl (C=O) groups is 2. The Bertz CT molecular complexity index is 990. The number of ether oxygens (including phenoxy) is 1. The summed E-state index contributed by atoms with van der Waals surface area (Å²) in [7, 11) is 1.30. The van der Waals surface area contributed by atoms with E-state index in [1.165, 1.54) is 7.11 Å². The van der Waals surface area contributed by atoms with Crippen LogP contribution in [0.1, 0.15) is 28.9 Å². The second kappa shape index (κ2) is 8.53. The number of esters is 1. The first-order valence-electron chi connectivity index (χ1n) is 8.43. The molecule has 1 unspecified atom stereocenters. The van der Waals surface area contributed by atoms with Crippen LogP contribution in [-0.4, -0.2) is 24.1 Å². The number of rotatable bonds is 4. The van der Waals surface area contributed by atoms with E-state index in [9.17, 15) is 9.59 Å². The lowest BCUT2D eigenvalue weighted by Gasteiger charge is -2.30. The molecule has 0 fully saturated rings. The summed E-state index contributed by atoms with van der Waals surface area (Å²) >= 11 is 8.73. The number of nitrogens with one attached hydrogen (secondary N) is 3. The minimum atomic E-state index is -0.522. The smallest absolute Gasteiger partial charge is 0.339 e. The molecule has 6 nitrogen and oxygen atoms in total. The minimum Gasteiger partial charge on any atom is -0.465 e. The second-order valence-corrected chi connectivity index (χ2v) is 7.44. The maximum Gasteiger partial charge on any atom is 0.339 e. The maximum atomic E-state index is 13.2. The van der Waals surface area contributed by atoms with Gasteiger partial charge in [0.2, 0.25) is 0 Å². The fourth-order valence-electron chi connectivity index (χ4n) is 3.00. The van der Waals surface area contributed by atoms with Crippen LogP contribution in [0, 0.1) is 0 Å². The molecule has 0 saturated carbocycles. The molecule has 0 radical (unpaired) electrons. The first-order valence-corrected chi connectivity index (χ1v) is 9.63. The summed E-state index contributed by atoms with van der Waals surface area (Å²) in [5, 5.41) is 9.40. The molecule has 1 heterocycles. The van der Waals surface area contributed by atoms with Gasteiger partial charge in [-0.3, -0.25) is 4.79 Å². The lowest BCUT2D eigenvalue weighted by molar-refractivity contribution is -0.113. The van der Waals surface area contributed by atoms with E-state index in [0.717, 1.165) is 10.0 Å². The van der Waals surface area contributed by atoms with Gasteiger partial charge in [0, 0.05) is 10.2 Å². The van der Waals surface area contributed by atoms with Crippen LogP contribution in [0.3, 0.4) is 0 Å². The van der Waals surface area contributed by atoms with Gasteiger partial charge in [-0.1, -0.05) is 40.2 Å². The third kappa shape index (κ3) is 4.23. The van der Waals surface area contributed by atoms with E-state index in [2.05, 4.69) is 31.9 Å². The highest BCUT2D eigenvalue weighted by Gasteiger charge is 2.30. The summed E-state index contributed by atoms with van der Waals surface area (Å²) in [4.78, 5) is 25.2. The number of para-hydroxylation sites is 1. The molecule has 0 saturated heterocycles. The Hall–Kier alpha value is -2.71. The topological polar surface area (TPSA) is 79.5 Å². The normalized spacial score (nSPS) is 16.1. The predicted molar refractivity (Wildman–Crippen MR) is 115 cm³/mol. The SMILES string of the molecule is COC(=O)c1ccccc1NC(=O)C1=C(C)NC(=S)NC1c1cccc(Br)c1. The number of amides is 1. The molecule has 1 aliphatic heterocycles. The Labute approximate surface area is 176 Å². The van der Waals surface area contributed by atoms with Gasteiger partial charge >= 0.3 is 5.97 Å². The van der Waals surface area contributed by atoms with Crippen LogP contribution < -0.4 is 16.0 Å². The van der Waals surface area contributed by atoms with Gasteiger partial charge in [-0.2, -0.15) is 0 Å². The summed E-state index contributed by atoms with van der Waals surface area (Å²) in [6.07, 6.45) is 0. The van der Waals surface area contributed by atoms with Crippen LogP contribution in [0.15, 0.2) is 64.3 Å². The van der Waals surface area contributed by atoms with Crippen molar-refractivity contribution < 1.29 is 14.3 Å². The van der Waals surface area contributed by atoms with Gasteiger partial charge in [-0.15, -0.1) is 0 Å². The molecule has 144 valence electrons. The monoisotopic (exact) mass is 459 g/mol. The van der Waals surface area contributed by atoms with Gasteiger partial charge in [0.1, 0.15) is 0 Å². The number of allylic oxidation sites excluding steroid dienone is 1. The average molecular weight is 460 g/mol. The first kappa shape index (κ1) is 20.0. The van der Waals surface area contributed by atoms with Gasteiger partial charge in [0.25, 0.3) is 5.91 Å². The lowest BCUT2D eigenvalue weighted by Crippen LogP contribution is -2.45. The van der Waals surface area contributed by atoms with E-state index in [0.29, 0.717) is 22.1 Å². The molecule has 0 spiro atoms. The van der Waals surface area contributed by atoms with Gasteiger partial charge in [0.05, 0.1) is 30.0 Å². The molecule has 2 aromatic carbocycles. The zero-order chi connectivity index (χ0) is 20.3. The molecule has 1 amide bonds. The number of anilines is 1. The van der Waals surface area contributed by atoms with Crippen LogP contribution in [0.4, 0.5) is 5.69 Å². The van der Waals surface area contributed by atoms with E-state index in [1.54, 1.807) is 31.2 Å². The van der Waals surface area contributed by atoms with Crippen LogP contribution in [0.25, 0.3) is 0 Å². The highest BCUT2D eigenvalue weighted by molar-refractivity contribution is 9.10. The quantitative estimate of drug-likeness (QED) is 0.478. The minimum absolute atomic E-state index is 0.280. The van der Waals surface area contributed by atoms with Crippen molar-refractivity contribution in [2.75, 3.05) is 12.4 Å². The zero-order valence-electron chi connectivity index (χ0n) is 15.2. The molecule has 3 N–H and O–H groups in total. The van der Waals surface area contributed by atoms with Gasteiger partial charge in [-0.25, -0.2) is 4.79 Å². The van der Waals surface area contributed by atoms with E-state index in [-0.39, 0.29) is 11.5 Å². The van der Waals surface area contributed by atoms with E-state index >= 15 is 0 Å². The highest BCUT2D eigenvalue weighted by Crippen LogP contribution is 2.29. The summed E-state index contributed by atoms with van der Waals surface area (Å²) in [6.45, 7) is 1.79. The molecule has 0 aliphatic carbocycles. The van der Waals surface area contributed by atoms with Crippen molar-refractivity contribution in [2.24, 2.45) is 0 Å². The number of halogens is 1. The highest BCUT2D eigenvalue weighted by atomic mass is 79.9. The summed E-state index contributed by atoms with van der Waals surface area (Å²) in [5.74, 6) is -0.868. The number of benzene rings is 2. The summed E-state index contributed by atoms with van der Waals surface area (Å²) < 4.78 is 5.69. The maximum absolute atomic E-state index is 13.2. The molecule has 2 aromatic rings. The van der Waals surface area contributed by atoms with Crippen LogP contribution in [0.2, 0.25) is 0 Å². The molecule has 0 aromatic heterocycles. The summed E-state index contributed by atoms with van der Waals surface area (Å²) in [6, 6.07) is 13.9. The Kier molecular flexibility index (Phi) is 6.11. The van der Waals surface area contributed by atoms with Crippen molar-refractivity contribution >= 4 is 50.8 Å². The Morgan fingerprint density at radius 1 is 1.18 bits per heavy atom. The molecule has 1 atom stereocenters. The standard InChI is InChI=1S/C20H18BrN3O3S/c1-11-16(17(24-20(28)22-11)12-6-5-7-13(21)10-12)18(25)23-15-9-4-3-8-14(15)19(26)27-2/h3-10,17H,1-2H3,(H,23,25)(H2,22,24,28). The fraction of sp³-hybridized carbons (Fsp3) is 0.150. The average Bonchev–Trinajstić information content (AvgIpc) is 2.67. The van der Waals surface area contributed by atoms with Crippen molar-refractivity contribution in [1.29, 1.82) is 0 Å². The Morgan fingerprint density at radius 2 is 1.93 bits per heavy atom. The van der Waals surface area contributed by atoms with Crippen molar-refractivity contribution in [3.8, 4) is 0 Å². The van der Waals surface area contributed by atoms with Crippen molar-refractivity contribution in [2.45, 2.75) is 13.0 Å². The third-order valence-electron chi connectivity index (χ3n) is 4.28. The number of hydrogen-bond donors (Lipinski definition) is 3. The summed E-state index contributed by atoms with van der Waals surface area (Å²) in [5.41, 5.74) is 2.65. The van der Waals surface area contributed by atoms with Crippen LogP contribution in [-0.2, 0) is 9.53 Å². The molecule has 3 rings (SSSR count).